The van der Waals surface area contributed by atoms with Crippen LogP contribution in [-0.4, -0.2) is 38.7 Å². The number of hydrogen-bond donors (Lipinski definition) is 5. The number of para-hydroxylation sites is 1. The van der Waals surface area contributed by atoms with Crippen LogP contribution in [0.15, 0.2) is 30.5 Å². The van der Waals surface area contributed by atoms with Gasteiger partial charge in [-0.3, -0.25) is 4.79 Å². The van der Waals surface area contributed by atoms with Crippen LogP contribution in [0.25, 0.3) is 10.9 Å². The van der Waals surface area contributed by atoms with Gasteiger partial charge in [-0.25, -0.2) is 4.79 Å². The molecule has 0 aliphatic heterocycles. The third-order valence-electron chi connectivity index (χ3n) is 3.48. The SMILES string of the molecule is NC(=O)[C@@H](N)C[C@@](O)(Cc1c[nH]c2ccccc12)C(=O)O. The predicted molar refractivity (Wildman–Crippen MR) is 76.4 cm³/mol. The Hall–Kier alpha value is -2.38. The molecule has 112 valence electrons. The maximum Gasteiger partial charge on any atom is 0.336 e. The lowest BCUT2D eigenvalue weighted by molar-refractivity contribution is -0.159. The highest BCUT2D eigenvalue weighted by Crippen LogP contribution is 2.25. The highest BCUT2D eigenvalue weighted by molar-refractivity contribution is 5.86. The average molecular weight is 291 g/mol. The van der Waals surface area contributed by atoms with Crippen molar-refractivity contribution in [2.75, 3.05) is 0 Å². The van der Waals surface area contributed by atoms with E-state index in [0.29, 0.717) is 5.56 Å². The van der Waals surface area contributed by atoms with Crippen LogP contribution in [0, 0.1) is 0 Å². The lowest BCUT2D eigenvalue weighted by Gasteiger charge is -2.25. The number of H-pyrrole nitrogens is 1. The first-order chi connectivity index (χ1) is 9.83. The Balaban J connectivity index is 2.31. The van der Waals surface area contributed by atoms with Crippen LogP contribution >= 0.6 is 0 Å². The summed E-state index contributed by atoms with van der Waals surface area (Å²) in [5.41, 5.74) is 9.82. The van der Waals surface area contributed by atoms with Gasteiger partial charge in [0.25, 0.3) is 0 Å². The molecule has 1 aromatic heterocycles. The number of benzene rings is 1. The van der Waals surface area contributed by atoms with Crippen molar-refractivity contribution in [3.63, 3.8) is 0 Å². The van der Waals surface area contributed by atoms with E-state index >= 15 is 0 Å². The summed E-state index contributed by atoms with van der Waals surface area (Å²) in [6, 6.07) is 6.09. The number of carbonyl (C=O) groups is 2. The minimum atomic E-state index is -2.15. The number of nitrogens with one attached hydrogen (secondary N) is 1. The van der Waals surface area contributed by atoms with Crippen molar-refractivity contribution in [2.45, 2.75) is 24.5 Å². The van der Waals surface area contributed by atoms with Crippen molar-refractivity contribution in [3.05, 3.63) is 36.0 Å². The predicted octanol–water partition coefficient (Wildman–Crippen LogP) is -0.271. The molecule has 7 nitrogen and oxygen atoms in total. The van der Waals surface area contributed by atoms with E-state index in [-0.39, 0.29) is 6.42 Å². The summed E-state index contributed by atoms with van der Waals surface area (Å²) in [7, 11) is 0. The zero-order chi connectivity index (χ0) is 15.6. The number of aromatic nitrogens is 1. The molecule has 0 saturated carbocycles. The van der Waals surface area contributed by atoms with E-state index in [1.54, 1.807) is 6.20 Å². The van der Waals surface area contributed by atoms with Gasteiger partial charge in [-0.05, 0) is 11.6 Å². The molecule has 2 atom stereocenters. The van der Waals surface area contributed by atoms with Crippen LogP contribution in [0.4, 0.5) is 0 Å². The number of carboxylic acids is 1. The number of carboxylic acid groups (broad SMARTS) is 1. The summed E-state index contributed by atoms with van der Waals surface area (Å²) < 4.78 is 0. The molecule has 0 fully saturated rings. The molecule has 2 rings (SSSR count). The van der Waals surface area contributed by atoms with E-state index in [4.69, 9.17) is 11.5 Å². The molecule has 7 N–H and O–H groups in total. The molecular weight excluding hydrogens is 274 g/mol. The molecular formula is C14H17N3O4. The van der Waals surface area contributed by atoms with Gasteiger partial charge in [0.2, 0.25) is 5.91 Å². The number of aliphatic hydroxyl groups is 1. The van der Waals surface area contributed by atoms with Crippen LogP contribution in [0.2, 0.25) is 0 Å². The van der Waals surface area contributed by atoms with E-state index in [0.717, 1.165) is 10.9 Å². The van der Waals surface area contributed by atoms with Gasteiger partial charge in [0.1, 0.15) is 0 Å². The Morgan fingerprint density at radius 3 is 2.62 bits per heavy atom. The highest BCUT2D eigenvalue weighted by Gasteiger charge is 2.39. The van der Waals surface area contributed by atoms with Crippen LogP contribution in [-0.2, 0) is 16.0 Å². The van der Waals surface area contributed by atoms with Crippen molar-refractivity contribution >= 4 is 22.8 Å². The molecule has 1 heterocycles. The maximum atomic E-state index is 11.4. The first kappa shape index (κ1) is 15.0. The Bertz CT molecular complexity index is 682. The molecule has 2 aromatic rings. The smallest absolute Gasteiger partial charge is 0.336 e. The van der Waals surface area contributed by atoms with Crippen molar-refractivity contribution < 1.29 is 19.8 Å². The van der Waals surface area contributed by atoms with Gasteiger partial charge in [-0.15, -0.1) is 0 Å². The average Bonchev–Trinajstić information content (AvgIpc) is 2.81. The van der Waals surface area contributed by atoms with E-state index in [1.165, 1.54) is 0 Å². The van der Waals surface area contributed by atoms with Gasteiger partial charge in [0.05, 0.1) is 6.04 Å². The molecule has 7 heteroatoms. The van der Waals surface area contributed by atoms with Gasteiger partial charge < -0.3 is 26.7 Å². The Labute approximate surface area is 120 Å². The monoisotopic (exact) mass is 291 g/mol. The molecule has 0 bridgehead atoms. The van der Waals surface area contributed by atoms with Crippen molar-refractivity contribution in [1.29, 1.82) is 0 Å². The molecule has 0 spiro atoms. The van der Waals surface area contributed by atoms with Gasteiger partial charge in [-0.1, -0.05) is 18.2 Å². The first-order valence-electron chi connectivity index (χ1n) is 6.39. The molecule has 0 aliphatic rings. The Kier molecular flexibility index (Phi) is 3.97. The molecule has 0 saturated heterocycles. The second-order valence-corrected chi connectivity index (χ2v) is 5.09. The molecule has 1 amide bonds. The van der Waals surface area contributed by atoms with Crippen LogP contribution in [0.1, 0.15) is 12.0 Å². The maximum absolute atomic E-state index is 11.4. The second-order valence-electron chi connectivity index (χ2n) is 5.09. The summed E-state index contributed by atoms with van der Waals surface area (Å²) in [6.45, 7) is 0. The van der Waals surface area contributed by atoms with Crippen LogP contribution in [0.5, 0.6) is 0 Å². The molecule has 21 heavy (non-hydrogen) atoms. The largest absolute Gasteiger partial charge is 0.479 e. The topological polar surface area (TPSA) is 142 Å². The summed E-state index contributed by atoms with van der Waals surface area (Å²) >= 11 is 0. The van der Waals surface area contributed by atoms with Crippen LogP contribution < -0.4 is 11.5 Å². The third-order valence-corrected chi connectivity index (χ3v) is 3.48. The highest BCUT2D eigenvalue weighted by atomic mass is 16.4. The van der Waals surface area contributed by atoms with Crippen molar-refractivity contribution in [1.82, 2.24) is 4.98 Å². The Morgan fingerprint density at radius 2 is 2.00 bits per heavy atom. The number of nitrogens with two attached hydrogens (primary N) is 2. The number of rotatable bonds is 6. The fourth-order valence-corrected chi connectivity index (χ4v) is 2.29. The van der Waals surface area contributed by atoms with Crippen LogP contribution in [0.3, 0.4) is 0 Å². The van der Waals surface area contributed by atoms with Gasteiger partial charge in [0, 0.05) is 29.9 Å². The molecule has 0 unspecified atom stereocenters. The van der Waals surface area contributed by atoms with Gasteiger partial charge in [-0.2, -0.15) is 0 Å². The quantitative estimate of drug-likeness (QED) is 0.498. The number of fused-ring (bicyclic) bond motifs is 1. The number of hydrogen-bond acceptors (Lipinski definition) is 4. The molecule has 0 radical (unpaired) electrons. The van der Waals surface area contributed by atoms with E-state index < -0.39 is 29.9 Å². The minimum absolute atomic E-state index is 0.173. The first-order valence-corrected chi connectivity index (χ1v) is 6.39. The summed E-state index contributed by atoms with van der Waals surface area (Å²) in [6.07, 6.45) is 1.01. The van der Waals surface area contributed by atoms with Crippen molar-refractivity contribution in [2.24, 2.45) is 11.5 Å². The zero-order valence-corrected chi connectivity index (χ0v) is 11.2. The lowest BCUT2D eigenvalue weighted by atomic mass is 9.88. The number of aliphatic carboxylic acids is 1. The zero-order valence-electron chi connectivity index (χ0n) is 11.2. The minimum Gasteiger partial charge on any atom is -0.479 e. The molecule has 1 aromatic carbocycles. The van der Waals surface area contributed by atoms with E-state index in [9.17, 15) is 19.8 Å². The summed E-state index contributed by atoms with van der Waals surface area (Å²) in [5, 5.41) is 20.4. The Morgan fingerprint density at radius 1 is 1.33 bits per heavy atom. The number of amides is 1. The number of carbonyl (C=O) groups excluding carboxylic acids is 1. The third kappa shape index (κ3) is 3.04. The fourth-order valence-electron chi connectivity index (χ4n) is 2.29. The fraction of sp³-hybridized carbons (Fsp3) is 0.286. The lowest BCUT2D eigenvalue weighted by Crippen LogP contribution is -2.49. The van der Waals surface area contributed by atoms with Crippen molar-refractivity contribution in [3.8, 4) is 0 Å². The number of primary amides is 1. The van der Waals surface area contributed by atoms with Gasteiger partial charge in [0.15, 0.2) is 5.60 Å². The van der Waals surface area contributed by atoms with E-state index in [2.05, 4.69) is 4.98 Å². The molecule has 0 aliphatic carbocycles. The van der Waals surface area contributed by atoms with E-state index in [1.807, 2.05) is 24.3 Å². The summed E-state index contributed by atoms with van der Waals surface area (Å²) in [4.78, 5) is 25.4. The normalized spacial score (nSPS) is 15.5. The number of aromatic amines is 1. The second kappa shape index (κ2) is 5.55. The van der Waals surface area contributed by atoms with Gasteiger partial charge >= 0.3 is 5.97 Å². The standard InChI is InChI=1S/C14H17N3O4/c15-10(12(16)18)6-14(21,13(19)20)5-8-7-17-11-4-2-1-3-9(8)11/h1-4,7,10,17,21H,5-6,15H2,(H2,16,18)(H,19,20)/t10-,14-/m0/s1. The summed E-state index contributed by atoms with van der Waals surface area (Å²) in [5.74, 6) is -2.29.